The summed E-state index contributed by atoms with van der Waals surface area (Å²) in [6.45, 7) is 5.91. The highest BCUT2D eigenvalue weighted by Crippen LogP contribution is 2.24. The van der Waals surface area contributed by atoms with Crippen molar-refractivity contribution in [3.8, 4) is 5.69 Å². The van der Waals surface area contributed by atoms with E-state index >= 15 is 0 Å². The van der Waals surface area contributed by atoms with E-state index in [-0.39, 0.29) is 4.90 Å². The molecular weight excluding hydrogens is 552 g/mol. The fourth-order valence-electron chi connectivity index (χ4n) is 3.99. The van der Waals surface area contributed by atoms with Gasteiger partial charge in [-0.25, -0.2) is 13.8 Å². The number of carbonyl (C=O) groups is 1. The van der Waals surface area contributed by atoms with Crippen molar-refractivity contribution in [3.63, 3.8) is 0 Å². The summed E-state index contributed by atoms with van der Waals surface area (Å²) in [4.78, 5) is 12.8. The number of sulfonamides is 1. The van der Waals surface area contributed by atoms with Gasteiger partial charge in [0.05, 0.1) is 16.8 Å². The number of aromatic nitrogens is 1. The van der Waals surface area contributed by atoms with Crippen molar-refractivity contribution in [2.75, 3.05) is 11.4 Å². The molecule has 4 rings (SSSR count). The number of benzene rings is 3. The molecular formula is C28H27BrN4O3S. The molecule has 0 saturated heterocycles. The van der Waals surface area contributed by atoms with Gasteiger partial charge in [-0.3, -0.25) is 9.10 Å². The number of hydrazone groups is 1. The van der Waals surface area contributed by atoms with E-state index in [1.54, 1.807) is 54.7 Å². The van der Waals surface area contributed by atoms with Crippen LogP contribution in [0.25, 0.3) is 5.69 Å². The van der Waals surface area contributed by atoms with Crippen LogP contribution in [-0.2, 0) is 10.0 Å². The van der Waals surface area contributed by atoms with E-state index in [4.69, 9.17) is 0 Å². The van der Waals surface area contributed by atoms with Gasteiger partial charge in [0.25, 0.3) is 15.9 Å². The molecule has 190 valence electrons. The van der Waals surface area contributed by atoms with Gasteiger partial charge in [0.1, 0.15) is 0 Å². The Morgan fingerprint density at radius 2 is 1.65 bits per heavy atom. The van der Waals surface area contributed by atoms with Gasteiger partial charge in [0.15, 0.2) is 0 Å². The van der Waals surface area contributed by atoms with Gasteiger partial charge < -0.3 is 4.57 Å². The maximum atomic E-state index is 12.9. The van der Waals surface area contributed by atoms with Crippen molar-refractivity contribution >= 4 is 43.8 Å². The molecule has 4 aromatic rings. The van der Waals surface area contributed by atoms with Crippen LogP contribution in [0.2, 0.25) is 0 Å². The van der Waals surface area contributed by atoms with Gasteiger partial charge in [0.2, 0.25) is 0 Å². The molecule has 1 N–H and O–H groups in total. The first-order chi connectivity index (χ1) is 17.6. The number of aryl methyl sites for hydroxylation is 2. The van der Waals surface area contributed by atoms with E-state index in [2.05, 4.69) is 31.0 Å². The van der Waals surface area contributed by atoms with E-state index in [0.717, 1.165) is 32.7 Å². The number of carbonyl (C=O) groups excluding carboxylic acids is 1. The first-order valence-electron chi connectivity index (χ1n) is 11.5. The summed E-state index contributed by atoms with van der Waals surface area (Å²) < 4.78 is 30.1. The minimum Gasteiger partial charge on any atom is -0.318 e. The molecule has 37 heavy (non-hydrogen) atoms. The number of amides is 1. The van der Waals surface area contributed by atoms with Crippen molar-refractivity contribution in [2.45, 2.75) is 25.7 Å². The van der Waals surface area contributed by atoms with Crippen LogP contribution in [0.4, 0.5) is 5.69 Å². The average Bonchev–Trinajstić information content (AvgIpc) is 3.16. The van der Waals surface area contributed by atoms with Crippen molar-refractivity contribution in [2.24, 2.45) is 5.10 Å². The molecule has 3 aromatic carbocycles. The smallest absolute Gasteiger partial charge is 0.271 e. The van der Waals surface area contributed by atoms with Gasteiger partial charge >= 0.3 is 0 Å². The van der Waals surface area contributed by atoms with E-state index in [1.165, 1.54) is 11.4 Å². The highest BCUT2D eigenvalue weighted by Gasteiger charge is 2.21. The Balaban J connectivity index is 1.45. The van der Waals surface area contributed by atoms with E-state index in [0.29, 0.717) is 11.3 Å². The number of rotatable bonds is 7. The monoisotopic (exact) mass is 578 g/mol. The molecule has 0 bridgehead atoms. The zero-order chi connectivity index (χ0) is 26.7. The van der Waals surface area contributed by atoms with E-state index in [9.17, 15) is 13.2 Å². The Hall–Kier alpha value is -3.69. The third-order valence-corrected chi connectivity index (χ3v) is 8.37. The van der Waals surface area contributed by atoms with Crippen LogP contribution in [-0.4, -0.2) is 32.2 Å². The fourth-order valence-corrected chi connectivity index (χ4v) is 5.57. The summed E-state index contributed by atoms with van der Waals surface area (Å²) in [5.41, 5.74) is 8.29. The summed E-state index contributed by atoms with van der Waals surface area (Å²) in [7, 11) is -2.23. The van der Waals surface area contributed by atoms with Crippen molar-refractivity contribution in [1.29, 1.82) is 0 Å². The first kappa shape index (κ1) is 26.4. The molecule has 0 aliphatic heterocycles. The lowest BCUT2D eigenvalue weighted by Gasteiger charge is -2.19. The molecule has 0 unspecified atom stereocenters. The van der Waals surface area contributed by atoms with Crippen molar-refractivity contribution < 1.29 is 13.2 Å². The van der Waals surface area contributed by atoms with Crippen LogP contribution < -0.4 is 9.73 Å². The van der Waals surface area contributed by atoms with Crippen LogP contribution in [0.15, 0.2) is 93.3 Å². The standard InChI is InChI=1S/C28H27BrN4O3S/c1-19-8-14-27(15-9-19)37(35,36)32(4)25-12-10-22(11-13-25)28(34)31-30-18-23-16-20(2)33(21(23)3)26-7-5-6-24(29)17-26/h5-18H,1-4H3,(H,31,34)/b30-18-. The fraction of sp³-hybridized carbons (Fsp3) is 0.143. The molecule has 9 heteroatoms. The summed E-state index contributed by atoms with van der Waals surface area (Å²) >= 11 is 3.51. The van der Waals surface area contributed by atoms with Gasteiger partial charge in [-0.2, -0.15) is 5.10 Å². The normalized spacial score (nSPS) is 11.6. The summed E-state index contributed by atoms with van der Waals surface area (Å²) in [6.07, 6.45) is 1.62. The van der Waals surface area contributed by atoms with Crippen molar-refractivity contribution in [3.05, 3.63) is 111 Å². The zero-order valence-corrected chi connectivity index (χ0v) is 23.3. The third kappa shape index (κ3) is 5.68. The Labute approximate surface area is 225 Å². The second-order valence-corrected chi connectivity index (χ2v) is 11.6. The summed E-state index contributed by atoms with van der Waals surface area (Å²) in [6, 6.07) is 23.0. The Morgan fingerprint density at radius 1 is 0.973 bits per heavy atom. The molecule has 0 radical (unpaired) electrons. The number of hydrogen-bond donors (Lipinski definition) is 1. The molecule has 0 atom stereocenters. The molecule has 0 fully saturated rings. The van der Waals surface area contributed by atoms with Crippen LogP contribution in [0.5, 0.6) is 0 Å². The highest BCUT2D eigenvalue weighted by molar-refractivity contribution is 9.10. The van der Waals surface area contributed by atoms with Crippen LogP contribution in [0, 0.1) is 20.8 Å². The summed E-state index contributed by atoms with van der Waals surface area (Å²) in [5, 5.41) is 4.13. The van der Waals surface area contributed by atoms with Gasteiger partial charge in [-0.1, -0.05) is 39.7 Å². The second-order valence-electron chi connectivity index (χ2n) is 8.67. The second kappa shape index (κ2) is 10.7. The number of halogens is 1. The molecule has 1 heterocycles. The predicted octanol–water partition coefficient (Wildman–Crippen LogP) is 5.75. The Kier molecular flexibility index (Phi) is 7.65. The maximum absolute atomic E-state index is 12.9. The van der Waals surface area contributed by atoms with Gasteiger partial charge in [-0.05, 0) is 81.4 Å². The van der Waals surface area contributed by atoms with E-state index < -0.39 is 15.9 Å². The maximum Gasteiger partial charge on any atom is 0.271 e. The molecule has 0 aliphatic carbocycles. The number of anilines is 1. The number of nitrogens with zero attached hydrogens (tertiary/aromatic N) is 3. The van der Waals surface area contributed by atoms with Crippen LogP contribution >= 0.6 is 15.9 Å². The Bertz CT molecular complexity index is 1570. The lowest BCUT2D eigenvalue weighted by atomic mass is 10.2. The number of hydrogen-bond acceptors (Lipinski definition) is 4. The molecule has 1 amide bonds. The Morgan fingerprint density at radius 3 is 2.30 bits per heavy atom. The highest BCUT2D eigenvalue weighted by atomic mass is 79.9. The summed E-state index contributed by atoms with van der Waals surface area (Å²) in [5.74, 6) is -0.396. The minimum absolute atomic E-state index is 0.205. The molecule has 0 spiro atoms. The number of nitrogens with one attached hydrogen (secondary N) is 1. The minimum atomic E-state index is -3.71. The molecule has 0 saturated carbocycles. The first-order valence-corrected chi connectivity index (χ1v) is 13.7. The molecule has 7 nitrogen and oxygen atoms in total. The van der Waals surface area contributed by atoms with Gasteiger partial charge in [0, 0.05) is 39.7 Å². The molecule has 1 aromatic heterocycles. The SMILES string of the molecule is Cc1ccc(S(=O)(=O)N(C)c2ccc(C(=O)N/N=C\c3cc(C)n(-c4cccc(Br)c4)c3C)cc2)cc1. The molecule has 0 aliphatic rings. The quantitative estimate of drug-likeness (QED) is 0.224. The van der Waals surface area contributed by atoms with E-state index in [1.807, 2.05) is 51.1 Å². The van der Waals surface area contributed by atoms with Gasteiger partial charge in [-0.15, -0.1) is 0 Å². The third-order valence-electron chi connectivity index (χ3n) is 6.08. The van der Waals surface area contributed by atoms with Crippen LogP contribution in [0.1, 0.15) is 32.9 Å². The lowest BCUT2D eigenvalue weighted by Crippen LogP contribution is -2.26. The van der Waals surface area contributed by atoms with Crippen molar-refractivity contribution in [1.82, 2.24) is 9.99 Å². The predicted molar refractivity (Wildman–Crippen MR) is 151 cm³/mol. The average molecular weight is 580 g/mol. The largest absolute Gasteiger partial charge is 0.318 e. The van der Waals surface area contributed by atoms with Crippen LogP contribution in [0.3, 0.4) is 0 Å². The zero-order valence-electron chi connectivity index (χ0n) is 20.9. The lowest BCUT2D eigenvalue weighted by molar-refractivity contribution is 0.0955. The topological polar surface area (TPSA) is 83.8 Å².